The number of benzene rings is 1. The van der Waals surface area contributed by atoms with Crippen molar-refractivity contribution in [2.45, 2.75) is 89.6 Å². The summed E-state index contributed by atoms with van der Waals surface area (Å²) in [5.41, 5.74) is 0.208. The maximum atomic E-state index is 12.2. The van der Waals surface area contributed by atoms with Crippen molar-refractivity contribution < 1.29 is 42.9 Å². The van der Waals surface area contributed by atoms with Crippen LogP contribution in [0.1, 0.15) is 46.0 Å². The van der Waals surface area contributed by atoms with Crippen molar-refractivity contribution in [3.63, 3.8) is 0 Å². The Kier molecular flexibility index (Phi) is 10.9. The lowest BCUT2D eigenvalue weighted by Crippen LogP contribution is -2.65. The Bertz CT molecular complexity index is 1200. The van der Waals surface area contributed by atoms with E-state index in [4.69, 9.17) is 23.7 Å². The molecule has 40 heavy (non-hydrogen) atoms. The predicted octanol–water partition coefficient (Wildman–Crippen LogP) is 1.93. The van der Waals surface area contributed by atoms with Crippen LogP contribution < -0.4 is 10.1 Å². The number of aryl methyl sites for hydroxylation is 1. The molecule has 1 aliphatic heterocycles. The average molecular weight is 579 g/mol. The molecule has 5 atom stereocenters. The van der Waals surface area contributed by atoms with Crippen molar-refractivity contribution in [3.05, 3.63) is 35.7 Å². The van der Waals surface area contributed by atoms with Crippen LogP contribution in [-0.2, 0) is 51.3 Å². The zero-order valence-corrected chi connectivity index (χ0v) is 24.1. The normalized spacial score (nSPS) is 22.2. The molecule has 218 valence electrons. The number of carbonyl (C=O) groups excluding carboxylic acids is 4. The highest BCUT2D eigenvalue weighted by molar-refractivity contribution is 7.99. The van der Waals surface area contributed by atoms with Gasteiger partial charge < -0.3 is 33.6 Å². The molecule has 0 radical (unpaired) electrons. The fraction of sp³-hybridized carbons (Fsp3) is 0.538. The van der Waals surface area contributed by atoms with Crippen LogP contribution in [0.5, 0.6) is 5.75 Å². The molecule has 0 bridgehead atoms. The first kappa shape index (κ1) is 30.9. The summed E-state index contributed by atoms with van der Waals surface area (Å²) in [6.07, 6.45) is -3.33. The molecular weight excluding hydrogens is 544 g/mol. The molecule has 0 saturated carbocycles. The van der Waals surface area contributed by atoms with Crippen LogP contribution in [0.4, 0.5) is 0 Å². The van der Waals surface area contributed by atoms with Gasteiger partial charge in [-0.1, -0.05) is 29.5 Å². The lowest BCUT2D eigenvalue weighted by molar-refractivity contribution is -0.211. The molecule has 1 aliphatic rings. The molecule has 1 fully saturated rings. The monoisotopic (exact) mass is 578 g/mol. The summed E-state index contributed by atoms with van der Waals surface area (Å²) < 4.78 is 30.1. The highest BCUT2D eigenvalue weighted by Crippen LogP contribution is 2.36. The van der Waals surface area contributed by atoms with E-state index in [2.05, 4.69) is 15.5 Å². The molecule has 1 saturated heterocycles. The predicted molar refractivity (Wildman–Crippen MR) is 141 cm³/mol. The Morgan fingerprint density at radius 1 is 0.975 bits per heavy atom. The maximum absolute atomic E-state index is 12.2. The summed E-state index contributed by atoms with van der Waals surface area (Å²) in [5.74, 6) is -1.10. The maximum Gasteiger partial charge on any atom is 0.303 e. The van der Waals surface area contributed by atoms with E-state index in [9.17, 15) is 19.2 Å². The Hall–Kier alpha value is -3.65. The first-order valence-electron chi connectivity index (χ1n) is 12.7. The lowest BCUT2D eigenvalue weighted by atomic mass is 9.97. The lowest BCUT2D eigenvalue weighted by Gasteiger charge is -2.44. The van der Waals surface area contributed by atoms with Gasteiger partial charge in [0.2, 0.25) is 5.91 Å². The van der Waals surface area contributed by atoms with Crippen LogP contribution in [0.3, 0.4) is 0 Å². The summed E-state index contributed by atoms with van der Waals surface area (Å²) in [6.45, 7) is 9.18. The molecule has 0 unspecified atom stereocenters. The molecule has 2 aromatic rings. The Balaban J connectivity index is 1.92. The van der Waals surface area contributed by atoms with E-state index in [1.54, 1.807) is 0 Å². The number of aromatic nitrogens is 3. The summed E-state index contributed by atoms with van der Waals surface area (Å²) in [4.78, 5) is 47.8. The minimum Gasteiger partial charge on any atom is -0.486 e. The minimum absolute atomic E-state index is 0.158. The number of amides is 1. The molecular formula is C26H34N4O9S. The van der Waals surface area contributed by atoms with E-state index in [-0.39, 0.29) is 13.2 Å². The second kappa shape index (κ2) is 14.1. The molecule has 3 rings (SSSR count). The van der Waals surface area contributed by atoms with Gasteiger partial charge in [-0.25, -0.2) is 0 Å². The van der Waals surface area contributed by atoms with Gasteiger partial charge in [0.15, 0.2) is 23.2 Å². The molecule has 0 aliphatic carbocycles. The third-order valence-corrected chi connectivity index (χ3v) is 6.94. The van der Waals surface area contributed by atoms with Crippen molar-refractivity contribution in [2.75, 3.05) is 6.61 Å². The zero-order chi connectivity index (χ0) is 29.4. The van der Waals surface area contributed by atoms with Crippen molar-refractivity contribution in [3.8, 4) is 5.75 Å². The van der Waals surface area contributed by atoms with Gasteiger partial charge in [-0.2, -0.15) is 0 Å². The first-order valence-corrected chi connectivity index (χ1v) is 13.5. The van der Waals surface area contributed by atoms with Gasteiger partial charge in [-0.3, -0.25) is 19.2 Å². The van der Waals surface area contributed by atoms with Crippen LogP contribution in [0, 0.1) is 6.92 Å². The van der Waals surface area contributed by atoms with Gasteiger partial charge in [-0.15, -0.1) is 10.2 Å². The summed E-state index contributed by atoms with van der Waals surface area (Å²) in [6, 6.07) is 6.66. The second-order valence-corrected chi connectivity index (χ2v) is 10.1. The minimum atomic E-state index is -1.17. The van der Waals surface area contributed by atoms with Crippen LogP contribution in [0.2, 0.25) is 0 Å². The number of rotatable bonds is 11. The number of ether oxygens (including phenoxy) is 5. The largest absolute Gasteiger partial charge is 0.486 e. The number of esters is 3. The van der Waals surface area contributed by atoms with Gasteiger partial charge in [0.1, 0.15) is 36.5 Å². The molecule has 1 aromatic carbocycles. The van der Waals surface area contributed by atoms with Crippen molar-refractivity contribution in [1.29, 1.82) is 0 Å². The summed E-state index contributed by atoms with van der Waals surface area (Å²) >= 11 is 1.12. The zero-order valence-electron chi connectivity index (χ0n) is 23.2. The first-order chi connectivity index (χ1) is 19.0. The SMILES string of the molecule is CCn1c(COc2ccc(C)cc2)nnc1S[C@H]1O[C@H](COC(C)=O)[C@@H](OC(C)=O)[C@H](OC(C)=O)[C@H]1NC(C)=O. The smallest absolute Gasteiger partial charge is 0.303 e. The Labute approximate surface area is 236 Å². The van der Waals surface area contributed by atoms with Gasteiger partial charge in [0, 0.05) is 34.2 Å². The van der Waals surface area contributed by atoms with Crippen molar-refractivity contribution in [2.24, 2.45) is 0 Å². The van der Waals surface area contributed by atoms with E-state index < -0.39 is 53.6 Å². The van der Waals surface area contributed by atoms with E-state index in [0.29, 0.717) is 23.3 Å². The molecule has 2 heterocycles. The van der Waals surface area contributed by atoms with Crippen LogP contribution in [-0.4, -0.2) is 75.0 Å². The highest BCUT2D eigenvalue weighted by Gasteiger charge is 2.51. The number of hydrogen-bond donors (Lipinski definition) is 1. The number of nitrogens with zero attached hydrogens (tertiary/aromatic N) is 3. The van der Waals surface area contributed by atoms with Crippen LogP contribution in [0.25, 0.3) is 0 Å². The Morgan fingerprint density at radius 3 is 2.20 bits per heavy atom. The van der Waals surface area contributed by atoms with Gasteiger partial charge in [0.05, 0.1) is 0 Å². The Morgan fingerprint density at radius 2 is 1.62 bits per heavy atom. The quantitative estimate of drug-likeness (QED) is 0.306. The molecule has 14 heteroatoms. The summed E-state index contributed by atoms with van der Waals surface area (Å²) in [5, 5.41) is 11.8. The van der Waals surface area contributed by atoms with E-state index in [1.807, 2.05) is 42.7 Å². The number of carbonyl (C=O) groups is 4. The van der Waals surface area contributed by atoms with E-state index >= 15 is 0 Å². The van der Waals surface area contributed by atoms with Crippen LogP contribution >= 0.6 is 11.8 Å². The second-order valence-electron chi connectivity index (χ2n) is 9.08. The van der Waals surface area contributed by atoms with Gasteiger partial charge in [-0.05, 0) is 26.0 Å². The fourth-order valence-corrected chi connectivity index (χ4v) is 5.33. The van der Waals surface area contributed by atoms with E-state index in [1.165, 1.54) is 27.7 Å². The van der Waals surface area contributed by atoms with E-state index in [0.717, 1.165) is 17.3 Å². The number of nitrogens with one attached hydrogen (secondary N) is 1. The standard InChI is InChI=1S/C26H34N4O9S/c1-7-30-21(13-36-19-10-8-14(2)9-11-19)28-29-26(30)40-25-22(27-15(3)31)24(38-18(6)34)23(37-17(5)33)20(39-25)12-35-16(4)32/h8-11,20,22-25H,7,12-13H2,1-6H3,(H,27,31)/t20-,22-,23-,24-,25-/m1/s1. The van der Waals surface area contributed by atoms with Gasteiger partial charge in [0.25, 0.3) is 0 Å². The third-order valence-electron chi connectivity index (χ3n) is 5.79. The molecule has 1 amide bonds. The molecule has 13 nitrogen and oxygen atoms in total. The summed E-state index contributed by atoms with van der Waals surface area (Å²) in [7, 11) is 0. The third kappa shape index (κ3) is 8.42. The van der Waals surface area contributed by atoms with Crippen molar-refractivity contribution >= 4 is 35.6 Å². The number of thioether (sulfide) groups is 1. The molecule has 1 N–H and O–H groups in total. The fourth-order valence-electron chi connectivity index (χ4n) is 4.11. The van der Waals surface area contributed by atoms with Crippen molar-refractivity contribution in [1.82, 2.24) is 20.1 Å². The van der Waals surface area contributed by atoms with Crippen LogP contribution in [0.15, 0.2) is 29.4 Å². The number of hydrogen-bond acceptors (Lipinski definition) is 12. The highest BCUT2D eigenvalue weighted by atomic mass is 32.2. The molecule has 0 spiro atoms. The topological polar surface area (TPSA) is 157 Å². The van der Waals surface area contributed by atoms with Gasteiger partial charge >= 0.3 is 17.9 Å². The average Bonchev–Trinajstić information content (AvgIpc) is 3.26. The molecule has 1 aromatic heterocycles.